The Kier molecular flexibility index (Phi) is 9.28. The van der Waals surface area contributed by atoms with Crippen molar-refractivity contribution in [1.82, 2.24) is 20.0 Å². The van der Waals surface area contributed by atoms with Crippen molar-refractivity contribution in [3.63, 3.8) is 0 Å². The molecule has 0 fully saturated rings. The lowest BCUT2D eigenvalue weighted by atomic mass is 9.87. The van der Waals surface area contributed by atoms with Crippen LogP contribution in [0.2, 0.25) is 0 Å². The third kappa shape index (κ3) is 6.68. The number of amides is 2. The molecule has 2 amide bonds. The summed E-state index contributed by atoms with van der Waals surface area (Å²) < 4.78 is 26.9. The number of halogens is 1. The summed E-state index contributed by atoms with van der Waals surface area (Å²) >= 11 is 1.45. The zero-order chi connectivity index (χ0) is 29.9. The Balaban J connectivity index is 1.97. The van der Waals surface area contributed by atoms with Gasteiger partial charge in [-0.05, 0) is 56.6 Å². The number of nitrogens with one attached hydrogen (secondary N) is 1. The average molecular weight is 584 g/mol. The maximum Gasteiger partial charge on any atom is 0.240 e. The van der Waals surface area contributed by atoms with Crippen LogP contribution in [-0.4, -0.2) is 80.2 Å². The number of benzene rings is 2. The summed E-state index contributed by atoms with van der Waals surface area (Å²) in [6.45, 7) is 7.10. The van der Waals surface area contributed by atoms with Gasteiger partial charge in [-0.15, -0.1) is 11.8 Å². The molecular formula is C30H38FN5O4S. The third-order valence-corrected chi connectivity index (χ3v) is 8.01. The first-order valence-corrected chi connectivity index (χ1v) is 14.4. The predicted octanol–water partition coefficient (Wildman–Crippen LogP) is 4.17. The lowest BCUT2D eigenvalue weighted by Crippen LogP contribution is -2.43. The van der Waals surface area contributed by atoms with Gasteiger partial charge in [0, 0.05) is 29.6 Å². The Bertz CT molecular complexity index is 1400. The molecule has 0 saturated carbocycles. The van der Waals surface area contributed by atoms with E-state index < -0.39 is 5.41 Å². The molecule has 41 heavy (non-hydrogen) atoms. The van der Waals surface area contributed by atoms with E-state index in [-0.39, 0.29) is 35.2 Å². The summed E-state index contributed by atoms with van der Waals surface area (Å²) in [6.07, 6.45) is 0. The van der Waals surface area contributed by atoms with Gasteiger partial charge in [-0.25, -0.2) is 9.07 Å². The lowest BCUT2D eigenvalue weighted by molar-refractivity contribution is -0.122. The maximum absolute atomic E-state index is 13.9. The van der Waals surface area contributed by atoms with Crippen molar-refractivity contribution in [3.05, 3.63) is 65.1 Å². The summed E-state index contributed by atoms with van der Waals surface area (Å²) in [7, 11) is 7.06. The summed E-state index contributed by atoms with van der Waals surface area (Å²) in [5.74, 6) is 1.01. The number of rotatable bonds is 9. The molecule has 0 unspecified atom stereocenters. The van der Waals surface area contributed by atoms with Crippen molar-refractivity contribution in [2.75, 3.05) is 58.6 Å². The van der Waals surface area contributed by atoms with Crippen LogP contribution in [0.4, 0.5) is 10.2 Å². The maximum atomic E-state index is 13.9. The van der Waals surface area contributed by atoms with Crippen LogP contribution >= 0.6 is 11.8 Å². The van der Waals surface area contributed by atoms with E-state index in [1.807, 2.05) is 37.2 Å². The van der Waals surface area contributed by atoms with Gasteiger partial charge in [0.25, 0.3) is 0 Å². The molecule has 1 aliphatic rings. The monoisotopic (exact) mass is 583 g/mol. The highest BCUT2D eigenvalue weighted by atomic mass is 32.2. The highest BCUT2D eigenvalue weighted by molar-refractivity contribution is 8.00. The van der Waals surface area contributed by atoms with Crippen LogP contribution in [0.25, 0.3) is 5.69 Å². The van der Waals surface area contributed by atoms with Crippen LogP contribution in [0.5, 0.6) is 11.5 Å². The number of fused-ring (bicyclic) bond motifs is 1. The predicted molar refractivity (Wildman–Crippen MR) is 160 cm³/mol. The summed E-state index contributed by atoms with van der Waals surface area (Å²) in [5.41, 5.74) is 2.52. The van der Waals surface area contributed by atoms with E-state index in [0.29, 0.717) is 36.1 Å². The number of thioether (sulfide) groups is 1. The first kappa shape index (κ1) is 30.4. The zero-order valence-electron chi connectivity index (χ0n) is 24.7. The SMILES string of the molecule is COc1ccc(OC)c([C@H]2SCC(=O)N(CC(=O)NCCN(C)C)c3c2c(C(C)(C)C)nn3-c2ccc(F)cc2)c1. The fourth-order valence-corrected chi connectivity index (χ4v) is 5.96. The van der Waals surface area contributed by atoms with Gasteiger partial charge in [-0.3, -0.25) is 14.5 Å². The molecule has 1 aliphatic heterocycles. The molecule has 2 aromatic carbocycles. The molecule has 0 spiro atoms. The number of hydrogen-bond donors (Lipinski definition) is 1. The third-order valence-electron chi connectivity index (χ3n) is 6.77. The first-order chi connectivity index (χ1) is 19.4. The zero-order valence-corrected chi connectivity index (χ0v) is 25.5. The highest BCUT2D eigenvalue weighted by Crippen LogP contribution is 2.50. The lowest BCUT2D eigenvalue weighted by Gasteiger charge is -2.25. The minimum absolute atomic E-state index is 0.123. The Labute approximate surface area is 245 Å². The normalized spacial score (nSPS) is 15.5. The molecule has 4 rings (SSSR count). The molecule has 0 radical (unpaired) electrons. The number of nitrogens with zero attached hydrogens (tertiary/aromatic N) is 4. The van der Waals surface area contributed by atoms with Gasteiger partial charge < -0.3 is 19.7 Å². The second-order valence-corrected chi connectivity index (χ2v) is 12.2. The number of carbonyl (C=O) groups excluding carboxylic acids is 2. The second-order valence-electron chi connectivity index (χ2n) is 11.2. The summed E-state index contributed by atoms with van der Waals surface area (Å²) in [4.78, 5) is 30.4. The molecule has 2 heterocycles. The van der Waals surface area contributed by atoms with E-state index in [2.05, 4.69) is 26.1 Å². The quantitative estimate of drug-likeness (QED) is 0.405. The van der Waals surface area contributed by atoms with Crippen LogP contribution in [0.1, 0.15) is 42.8 Å². The van der Waals surface area contributed by atoms with Crippen LogP contribution in [-0.2, 0) is 15.0 Å². The first-order valence-electron chi connectivity index (χ1n) is 13.4. The molecular weight excluding hydrogens is 545 g/mol. The molecule has 3 aromatic rings. The Morgan fingerprint density at radius 1 is 1.15 bits per heavy atom. The number of aromatic nitrogens is 2. The molecule has 220 valence electrons. The number of ether oxygens (including phenoxy) is 2. The molecule has 1 N–H and O–H groups in total. The standard InChI is InChI=1S/C30H38FN5O4S/c1-30(2,3)28-26-27(22-16-21(39-6)12-13-23(22)40-7)41-18-25(38)35(17-24(37)32-14-15-34(4)5)29(26)36(33-28)20-10-8-19(31)9-11-20/h8-13,16,27H,14-15,17-18H2,1-7H3,(H,32,37)/t27-/m1/s1. The van der Waals surface area contributed by atoms with Gasteiger partial charge in [0.1, 0.15) is 29.7 Å². The minimum atomic E-state index is -0.437. The largest absolute Gasteiger partial charge is 0.497 e. The molecule has 1 atom stereocenters. The number of carbonyl (C=O) groups is 2. The van der Waals surface area contributed by atoms with Gasteiger partial charge in [0.2, 0.25) is 11.8 Å². The van der Waals surface area contributed by atoms with E-state index in [9.17, 15) is 14.0 Å². The van der Waals surface area contributed by atoms with Crippen molar-refractivity contribution >= 4 is 29.4 Å². The van der Waals surface area contributed by atoms with Gasteiger partial charge >= 0.3 is 0 Å². The van der Waals surface area contributed by atoms with E-state index in [4.69, 9.17) is 14.6 Å². The number of likely N-dealkylation sites (N-methyl/N-ethyl adjacent to an activating group) is 1. The molecule has 0 bridgehead atoms. The van der Waals surface area contributed by atoms with Gasteiger partial charge in [0.15, 0.2) is 0 Å². The number of methoxy groups -OCH3 is 2. The molecule has 1 aromatic heterocycles. The highest BCUT2D eigenvalue weighted by Gasteiger charge is 2.40. The van der Waals surface area contributed by atoms with Gasteiger partial charge in [0.05, 0.1) is 36.6 Å². The Hall–Kier alpha value is -3.57. The summed E-state index contributed by atoms with van der Waals surface area (Å²) in [5, 5.41) is 7.58. The van der Waals surface area contributed by atoms with Crippen molar-refractivity contribution in [2.24, 2.45) is 0 Å². The van der Waals surface area contributed by atoms with Crippen molar-refractivity contribution in [1.29, 1.82) is 0 Å². The van der Waals surface area contributed by atoms with E-state index >= 15 is 0 Å². The molecule has 9 nitrogen and oxygen atoms in total. The molecule has 0 saturated heterocycles. The number of anilines is 1. The van der Waals surface area contributed by atoms with Crippen LogP contribution in [0.15, 0.2) is 42.5 Å². The fraction of sp³-hybridized carbons (Fsp3) is 0.433. The van der Waals surface area contributed by atoms with Crippen molar-refractivity contribution < 1.29 is 23.5 Å². The van der Waals surface area contributed by atoms with E-state index in [0.717, 1.165) is 16.8 Å². The van der Waals surface area contributed by atoms with Crippen LogP contribution in [0.3, 0.4) is 0 Å². The van der Waals surface area contributed by atoms with Crippen LogP contribution in [0, 0.1) is 5.82 Å². The van der Waals surface area contributed by atoms with E-state index in [1.54, 1.807) is 31.0 Å². The fourth-order valence-electron chi connectivity index (χ4n) is 4.74. The second kappa shape index (κ2) is 12.5. The number of hydrogen-bond acceptors (Lipinski definition) is 7. The van der Waals surface area contributed by atoms with Gasteiger partial charge in [-0.1, -0.05) is 20.8 Å². The van der Waals surface area contributed by atoms with Crippen molar-refractivity contribution in [3.8, 4) is 17.2 Å². The smallest absolute Gasteiger partial charge is 0.240 e. The summed E-state index contributed by atoms with van der Waals surface area (Å²) in [6, 6.07) is 11.5. The Morgan fingerprint density at radius 3 is 2.46 bits per heavy atom. The molecule has 11 heteroatoms. The minimum Gasteiger partial charge on any atom is -0.497 e. The van der Waals surface area contributed by atoms with Crippen LogP contribution < -0.4 is 19.7 Å². The van der Waals surface area contributed by atoms with Crippen molar-refractivity contribution in [2.45, 2.75) is 31.4 Å². The average Bonchev–Trinajstić information content (AvgIpc) is 3.26. The Morgan fingerprint density at radius 2 is 1.85 bits per heavy atom. The van der Waals surface area contributed by atoms with Gasteiger partial charge in [-0.2, -0.15) is 5.10 Å². The molecule has 0 aliphatic carbocycles. The van der Waals surface area contributed by atoms with E-state index in [1.165, 1.54) is 28.8 Å². The topological polar surface area (TPSA) is 88.9 Å².